The number of carbonyl (C=O) groups is 1. The van der Waals surface area contributed by atoms with Crippen molar-refractivity contribution in [2.45, 2.75) is 13.1 Å². The first-order valence-electron chi connectivity index (χ1n) is 9.22. The van der Waals surface area contributed by atoms with Gasteiger partial charge < -0.3 is 24.1 Å². The lowest BCUT2D eigenvalue weighted by Gasteiger charge is -2.25. The zero-order chi connectivity index (χ0) is 21.5. The zero-order valence-electron chi connectivity index (χ0n) is 17.0. The van der Waals surface area contributed by atoms with Gasteiger partial charge in [0, 0.05) is 13.1 Å². The Morgan fingerprint density at radius 1 is 0.900 bits per heavy atom. The van der Waals surface area contributed by atoms with Crippen molar-refractivity contribution >= 4 is 11.8 Å². The van der Waals surface area contributed by atoms with Gasteiger partial charge in [-0.25, -0.2) is 9.78 Å². The smallest absolute Gasteiger partial charge is 0.347 e. The summed E-state index contributed by atoms with van der Waals surface area (Å²) in [5.41, 5.74) is 1.23. The molecule has 30 heavy (non-hydrogen) atoms. The van der Waals surface area contributed by atoms with Crippen LogP contribution in [0.1, 0.15) is 21.5 Å². The lowest BCUT2D eigenvalue weighted by molar-refractivity contribution is 0.0599. The second kappa shape index (κ2) is 9.60. The summed E-state index contributed by atoms with van der Waals surface area (Å²) < 4.78 is 15.2. The maximum Gasteiger partial charge on any atom is 0.347 e. The largest absolute Gasteiger partial charge is 0.497 e. The maximum absolute atomic E-state index is 12.4. The molecule has 0 fully saturated rings. The fourth-order valence-electron chi connectivity index (χ4n) is 3.02. The Balaban J connectivity index is 2.01. The topological polar surface area (TPSA) is 93.8 Å². The number of ether oxygens (including phenoxy) is 3. The summed E-state index contributed by atoms with van der Waals surface area (Å²) in [4.78, 5) is 33.2. The molecule has 8 nitrogen and oxygen atoms in total. The summed E-state index contributed by atoms with van der Waals surface area (Å²) in [5.74, 6) is 0.987. The van der Waals surface area contributed by atoms with Crippen molar-refractivity contribution in [2.75, 3.05) is 26.2 Å². The molecule has 0 aliphatic rings. The minimum Gasteiger partial charge on any atom is -0.497 e. The van der Waals surface area contributed by atoms with Gasteiger partial charge in [-0.1, -0.05) is 24.3 Å². The van der Waals surface area contributed by atoms with Crippen LogP contribution in [0.2, 0.25) is 0 Å². The average Bonchev–Trinajstić information content (AvgIpc) is 2.79. The number of benzene rings is 2. The average molecular weight is 409 g/mol. The molecule has 0 amide bonds. The van der Waals surface area contributed by atoms with Gasteiger partial charge >= 0.3 is 5.97 Å². The van der Waals surface area contributed by atoms with Crippen LogP contribution < -0.4 is 19.9 Å². The lowest BCUT2D eigenvalue weighted by atomic mass is 10.1. The van der Waals surface area contributed by atoms with Crippen LogP contribution in [0.15, 0.2) is 59.7 Å². The number of aromatic amines is 1. The minimum absolute atomic E-state index is 0.137. The molecule has 0 aliphatic heterocycles. The van der Waals surface area contributed by atoms with E-state index in [2.05, 4.69) is 9.97 Å². The molecule has 1 aromatic heterocycles. The van der Waals surface area contributed by atoms with E-state index in [0.717, 1.165) is 22.6 Å². The van der Waals surface area contributed by atoms with Crippen LogP contribution in [0.4, 0.5) is 5.82 Å². The highest BCUT2D eigenvalue weighted by molar-refractivity contribution is 5.94. The Labute approximate surface area is 174 Å². The molecule has 1 N–H and O–H groups in total. The SMILES string of the molecule is COC(=O)c1c(N(Cc2ccc(OC)cc2)Cc2ccc(OC)cc2)nc[nH]c1=O. The van der Waals surface area contributed by atoms with Crippen molar-refractivity contribution in [1.29, 1.82) is 0 Å². The van der Waals surface area contributed by atoms with Crippen LogP contribution in [-0.2, 0) is 17.8 Å². The number of H-pyrrole nitrogens is 1. The third-order valence-electron chi connectivity index (χ3n) is 4.59. The minimum atomic E-state index is -0.742. The second-order valence-corrected chi connectivity index (χ2v) is 6.47. The standard InChI is InChI=1S/C22H23N3O5/c1-28-17-8-4-15(5-9-17)12-25(13-16-6-10-18(29-2)11-7-16)20-19(22(27)30-3)21(26)24-14-23-20/h4-11,14H,12-13H2,1-3H3,(H,23,24,26). The quantitative estimate of drug-likeness (QED) is 0.572. The van der Waals surface area contributed by atoms with Crippen LogP contribution >= 0.6 is 0 Å². The Morgan fingerprint density at radius 3 is 1.83 bits per heavy atom. The molecule has 0 bridgehead atoms. The van der Waals surface area contributed by atoms with Gasteiger partial charge in [0.05, 0.1) is 27.7 Å². The van der Waals surface area contributed by atoms with E-state index in [1.807, 2.05) is 53.4 Å². The molecule has 0 aliphatic carbocycles. The molecule has 1 heterocycles. The van der Waals surface area contributed by atoms with Gasteiger partial charge in [0.25, 0.3) is 5.56 Å². The molecule has 156 valence electrons. The van der Waals surface area contributed by atoms with E-state index in [9.17, 15) is 9.59 Å². The van der Waals surface area contributed by atoms with Crippen molar-refractivity contribution in [3.63, 3.8) is 0 Å². The van der Waals surface area contributed by atoms with E-state index >= 15 is 0 Å². The summed E-state index contributed by atoms with van der Waals surface area (Å²) in [6, 6.07) is 15.1. The Morgan fingerprint density at radius 2 is 1.40 bits per heavy atom. The molecule has 0 unspecified atom stereocenters. The Kier molecular flexibility index (Phi) is 6.69. The summed E-state index contributed by atoms with van der Waals surface area (Å²) >= 11 is 0. The summed E-state index contributed by atoms with van der Waals surface area (Å²) in [7, 11) is 4.44. The molecular weight excluding hydrogens is 386 g/mol. The number of methoxy groups -OCH3 is 3. The van der Waals surface area contributed by atoms with E-state index in [4.69, 9.17) is 14.2 Å². The molecule has 0 spiro atoms. The van der Waals surface area contributed by atoms with Crippen LogP contribution in [0.5, 0.6) is 11.5 Å². The first kappa shape index (κ1) is 20.9. The first-order valence-corrected chi connectivity index (χ1v) is 9.22. The first-order chi connectivity index (χ1) is 14.5. The summed E-state index contributed by atoms with van der Waals surface area (Å²) in [6.07, 6.45) is 1.28. The third-order valence-corrected chi connectivity index (χ3v) is 4.59. The van der Waals surface area contributed by atoms with Crippen LogP contribution in [-0.4, -0.2) is 37.3 Å². The van der Waals surface area contributed by atoms with Gasteiger partial charge in [-0.3, -0.25) is 4.79 Å². The summed E-state index contributed by atoms with van der Waals surface area (Å²) in [5, 5.41) is 0. The molecule has 0 saturated carbocycles. The van der Waals surface area contributed by atoms with Crippen molar-refractivity contribution in [1.82, 2.24) is 9.97 Å². The van der Waals surface area contributed by atoms with E-state index < -0.39 is 11.5 Å². The van der Waals surface area contributed by atoms with Crippen LogP contribution in [0.25, 0.3) is 0 Å². The fourth-order valence-corrected chi connectivity index (χ4v) is 3.02. The monoisotopic (exact) mass is 409 g/mol. The van der Waals surface area contributed by atoms with Gasteiger partial charge in [-0.2, -0.15) is 0 Å². The molecule has 2 aromatic carbocycles. The molecule has 8 heteroatoms. The van der Waals surface area contributed by atoms with Crippen LogP contribution in [0, 0.1) is 0 Å². The Hall–Kier alpha value is -3.81. The number of nitrogens with zero attached hydrogens (tertiary/aromatic N) is 2. The molecule has 0 saturated heterocycles. The lowest BCUT2D eigenvalue weighted by Crippen LogP contribution is -2.30. The highest BCUT2D eigenvalue weighted by Gasteiger charge is 2.23. The number of anilines is 1. The molecule has 0 atom stereocenters. The van der Waals surface area contributed by atoms with E-state index in [1.54, 1.807) is 14.2 Å². The van der Waals surface area contributed by atoms with Gasteiger partial charge in [0.1, 0.15) is 11.5 Å². The van der Waals surface area contributed by atoms with Gasteiger partial charge in [-0.05, 0) is 35.4 Å². The van der Waals surface area contributed by atoms with E-state index in [0.29, 0.717) is 13.1 Å². The number of rotatable bonds is 8. The number of esters is 1. The van der Waals surface area contributed by atoms with Crippen molar-refractivity contribution in [2.24, 2.45) is 0 Å². The van der Waals surface area contributed by atoms with Crippen molar-refractivity contribution in [3.05, 3.63) is 81.9 Å². The van der Waals surface area contributed by atoms with Gasteiger partial charge in [0.15, 0.2) is 11.4 Å². The number of hydrogen-bond donors (Lipinski definition) is 1. The predicted molar refractivity (Wildman–Crippen MR) is 112 cm³/mol. The van der Waals surface area contributed by atoms with Crippen LogP contribution in [0.3, 0.4) is 0 Å². The number of aromatic nitrogens is 2. The zero-order valence-corrected chi connectivity index (χ0v) is 17.0. The van der Waals surface area contributed by atoms with Gasteiger partial charge in [-0.15, -0.1) is 0 Å². The van der Waals surface area contributed by atoms with E-state index in [-0.39, 0.29) is 11.4 Å². The third kappa shape index (κ3) is 4.78. The Bertz CT molecular complexity index is 996. The number of nitrogens with one attached hydrogen (secondary N) is 1. The molecule has 3 rings (SSSR count). The maximum atomic E-state index is 12.4. The second-order valence-electron chi connectivity index (χ2n) is 6.47. The molecule has 3 aromatic rings. The number of carbonyl (C=O) groups excluding carboxylic acids is 1. The normalized spacial score (nSPS) is 10.4. The predicted octanol–water partition coefficient (Wildman–Crippen LogP) is 2.78. The molecular formula is C22H23N3O5. The highest BCUT2D eigenvalue weighted by Crippen LogP contribution is 2.23. The van der Waals surface area contributed by atoms with Crippen molar-refractivity contribution < 1.29 is 19.0 Å². The number of hydrogen-bond acceptors (Lipinski definition) is 7. The molecule has 0 radical (unpaired) electrons. The highest BCUT2D eigenvalue weighted by atomic mass is 16.5. The van der Waals surface area contributed by atoms with Gasteiger partial charge in [0.2, 0.25) is 0 Å². The fraction of sp³-hybridized carbons (Fsp3) is 0.227. The summed E-state index contributed by atoms with van der Waals surface area (Å²) in [6.45, 7) is 0.826. The van der Waals surface area contributed by atoms with Crippen molar-refractivity contribution in [3.8, 4) is 11.5 Å². The van der Waals surface area contributed by atoms with E-state index in [1.165, 1.54) is 13.4 Å².